The van der Waals surface area contributed by atoms with Gasteiger partial charge in [-0.1, -0.05) is 30.0 Å². The second-order valence-electron chi connectivity index (χ2n) is 5.01. The van der Waals surface area contributed by atoms with Crippen molar-refractivity contribution in [2.75, 3.05) is 5.75 Å². The molecular weight excluding hydrogens is 308 g/mol. The van der Waals surface area contributed by atoms with E-state index in [9.17, 15) is 4.79 Å². The summed E-state index contributed by atoms with van der Waals surface area (Å²) in [6.45, 7) is 3.36. The van der Waals surface area contributed by atoms with Gasteiger partial charge < -0.3 is 9.88 Å². The van der Waals surface area contributed by atoms with Crippen LogP contribution in [-0.4, -0.2) is 26.2 Å². The first-order chi connectivity index (χ1) is 11.3. The summed E-state index contributed by atoms with van der Waals surface area (Å²) in [4.78, 5) is 20.8. The van der Waals surface area contributed by atoms with Crippen LogP contribution in [0.1, 0.15) is 12.6 Å². The molecule has 0 unspecified atom stereocenters. The number of imidazole rings is 1. The fourth-order valence-electron chi connectivity index (χ4n) is 2.34. The summed E-state index contributed by atoms with van der Waals surface area (Å²) in [6, 6.07) is 13.7. The number of rotatable bonds is 6. The van der Waals surface area contributed by atoms with E-state index in [4.69, 9.17) is 0 Å². The van der Waals surface area contributed by atoms with Gasteiger partial charge in [0.25, 0.3) is 0 Å². The molecule has 0 saturated carbocycles. The minimum absolute atomic E-state index is 0.0182. The number of carbonyl (C=O) groups excluding carboxylic acids is 1. The highest BCUT2D eigenvalue weighted by Gasteiger charge is 2.11. The van der Waals surface area contributed by atoms with Crippen molar-refractivity contribution in [3.63, 3.8) is 0 Å². The Kier molecular flexibility index (Phi) is 4.92. The minimum atomic E-state index is -0.0182. The van der Waals surface area contributed by atoms with Gasteiger partial charge in [-0.3, -0.25) is 9.78 Å². The number of thioether (sulfide) groups is 1. The molecule has 1 aromatic carbocycles. The largest absolute Gasteiger partial charge is 0.350 e. The Bertz CT molecular complexity index is 801. The average Bonchev–Trinajstić information content (AvgIpc) is 2.96. The van der Waals surface area contributed by atoms with Crippen molar-refractivity contribution in [3.8, 4) is 0 Å². The Morgan fingerprint density at radius 1 is 1.22 bits per heavy atom. The number of aryl methyl sites for hydroxylation is 1. The number of amides is 1. The van der Waals surface area contributed by atoms with Gasteiger partial charge in [0.2, 0.25) is 5.91 Å². The van der Waals surface area contributed by atoms with Crippen molar-refractivity contribution in [2.24, 2.45) is 0 Å². The standard InChI is InChI=1S/C17H18N4OS/c1-2-21-15-9-4-3-8-14(15)20-17(21)23-12-16(22)19-11-13-7-5-6-10-18-13/h3-10H,2,11-12H2,1H3,(H,19,22). The number of nitrogens with zero attached hydrogens (tertiary/aromatic N) is 3. The molecule has 1 N–H and O–H groups in total. The number of benzene rings is 1. The monoisotopic (exact) mass is 326 g/mol. The van der Waals surface area contributed by atoms with Crippen molar-refractivity contribution < 1.29 is 4.79 Å². The topological polar surface area (TPSA) is 59.8 Å². The maximum atomic E-state index is 12.0. The average molecular weight is 326 g/mol. The second kappa shape index (κ2) is 7.28. The van der Waals surface area contributed by atoms with Crippen molar-refractivity contribution in [2.45, 2.75) is 25.2 Å². The van der Waals surface area contributed by atoms with Gasteiger partial charge in [0, 0.05) is 12.7 Å². The highest BCUT2D eigenvalue weighted by Crippen LogP contribution is 2.23. The molecular formula is C17H18N4OS. The Balaban J connectivity index is 1.60. The third kappa shape index (κ3) is 3.71. The zero-order valence-corrected chi connectivity index (χ0v) is 13.7. The summed E-state index contributed by atoms with van der Waals surface area (Å²) < 4.78 is 2.13. The van der Waals surface area contributed by atoms with E-state index >= 15 is 0 Å². The fraction of sp³-hybridized carbons (Fsp3) is 0.235. The van der Waals surface area contributed by atoms with Crippen molar-refractivity contribution in [3.05, 3.63) is 54.4 Å². The number of hydrogen-bond acceptors (Lipinski definition) is 4. The number of pyridine rings is 1. The van der Waals surface area contributed by atoms with E-state index in [2.05, 4.69) is 32.8 Å². The van der Waals surface area contributed by atoms with Crippen LogP contribution in [0, 0.1) is 0 Å². The molecule has 2 heterocycles. The normalized spacial score (nSPS) is 10.8. The maximum Gasteiger partial charge on any atom is 0.230 e. The second-order valence-corrected chi connectivity index (χ2v) is 5.96. The van der Waals surface area contributed by atoms with Gasteiger partial charge in [-0.25, -0.2) is 4.98 Å². The lowest BCUT2D eigenvalue weighted by Gasteiger charge is -2.06. The first-order valence-electron chi connectivity index (χ1n) is 7.52. The van der Waals surface area contributed by atoms with E-state index in [1.165, 1.54) is 11.8 Å². The molecule has 5 nitrogen and oxygen atoms in total. The molecule has 0 saturated heterocycles. The quantitative estimate of drug-likeness (QED) is 0.708. The molecule has 0 fully saturated rings. The number of nitrogens with one attached hydrogen (secondary N) is 1. The zero-order chi connectivity index (χ0) is 16.1. The summed E-state index contributed by atoms with van der Waals surface area (Å²) in [5.74, 6) is 0.325. The molecule has 6 heteroatoms. The highest BCUT2D eigenvalue weighted by atomic mass is 32.2. The zero-order valence-electron chi connectivity index (χ0n) is 12.9. The number of hydrogen-bond donors (Lipinski definition) is 1. The lowest BCUT2D eigenvalue weighted by atomic mass is 10.3. The third-order valence-corrected chi connectivity index (χ3v) is 4.44. The lowest BCUT2D eigenvalue weighted by Crippen LogP contribution is -2.25. The number of aromatic nitrogens is 3. The summed E-state index contributed by atoms with van der Waals surface area (Å²) in [5, 5.41) is 3.76. The van der Waals surface area contributed by atoms with Crippen LogP contribution in [0.2, 0.25) is 0 Å². The minimum Gasteiger partial charge on any atom is -0.350 e. The van der Waals surface area contributed by atoms with E-state index in [0.717, 1.165) is 28.4 Å². The number of para-hydroxylation sites is 2. The van der Waals surface area contributed by atoms with Gasteiger partial charge in [-0.05, 0) is 31.2 Å². The van der Waals surface area contributed by atoms with E-state index in [0.29, 0.717) is 12.3 Å². The summed E-state index contributed by atoms with van der Waals surface area (Å²) in [5.41, 5.74) is 2.92. The van der Waals surface area contributed by atoms with Crippen LogP contribution < -0.4 is 5.32 Å². The van der Waals surface area contributed by atoms with Crippen molar-refractivity contribution in [1.29, 1.82) is 0 Å². The molecule has 0 spiro atoms. The summed E-state index contributed by atoms with van der Waals surface area (Å²) in [6.07, 6.45) is 1.72. The van der Waals surface area contributed by atoms with Crippen LogP contribution in [0.15, 0.2) is 53.8 Å². The predicted molar refractivity (Wildman–Crippen MR) is 92.2 cm³/mol. The van der Waals surface area contributed by atoms with E-state index < -0.39 is 0 Å². The lowest BCUT2D eigenvalue weighted by molar-refractivity contribution is -0.118. The van der Waals surface area contributed by atoms with Gasteiger partial charge >= 0.3 is 0 Å². The smallest absolute Gasteiger partial charge is 0.230 e. The Labute approximate surface area is 139 Å². The van der Waals surface area contributed by atoms with Crippen molar-refractivity contribution >= 4 is 28.7 Å². The predicted octanol–water partition coefficient (Wildman–Crippen LogP) is 2.86. The van der Waals surface area contributed by atoms with Crippen LogP contribution in [0.4, 0.5) is 0 Å². The molecule has 1 amide bonds. The number of fused-ring (bicyclic) bond motifs is 1. The Morgan fingerprint density at radius 3 is 2.83 bits per heavy atom. The van der Waals surface area contributed by atoms with Gasteiger partial charge in [0.1, 0.15) is 0 Å². The first kappa shape index (κ1) is 15.6. The van der Waals surface area contributed by atoms with Crippen molar-refractivity contribution in [1.82, 2.24) is 19.9 Å². The Morgan fingerprint density at radius 2 is 2.04 bits per heavy atom. The van der Waals surface area contributed by atoms with E-state index in [1.807, 2.05) is 36.4 Å². The molecule has 118 valence electrons. The van der Waals surface area contributed by atoms with Crippen LogP contribution in [0.3, 0.4) is 0 Å². The molecule has 0 radical (unpaired) electrons. The molecule has 0 aliphatic carbocycles. The number of carbonyl (C=O) groups is 1. The van der Waals surface area contributed by atoms with Crippen LogP contribution in [0.25, 0.3) is 11.0 Å². The summed E-state index contributed by atoms with van der Waals surface area (Å²) >= 11 is 1.46. The van der Waals surface area contributed by atoms with Crippen LogP contribution >= 0.6 is 11.8 Å². The Hall–Kier alpha value is -2.34. The molecule has 23 heavy (non-hydrogen) atoms. The highest BCUT2D eigenvalue weighted by molar-refractivity contribution is 7.99. The molecule has 0 aliphatic heterocycles. The fourth-order valence-corrected chi connectivity index (χ4v) is 3.25. The van der Waals surface area contributed by atoms with Crippen LogP contribution in [0.5, 0.6) is 0 Å². The third-order valence-electron chi connectivity index (χ3n) is 3.46. The first-order valence-corrected chi connectivity index (χ1v) is 8.51. The maximum absolute atomic E-state index is 12.0. The van der Waals surface area contributed by atoms with Gasteiger partial charge in [-0.2, -0.15) is 0 Å². The molecule has 0 bridgehead atoms. The van der Waals surface area contributed by atoms with Gasteiger partial charge in [0.05, 0.1) is 29.0 Å². The van der Waals surface area contributed by atoms with Gasteiger partial charge in [0.15, 0.2) is 5.16 Å². The van der Waals surface area contributed by atoms with Gasteiger partial charge in [-0.15, -0.1) is 0 Å². The molecule has 3 rings (SSSR count). The molecule has 0 aliphatic rings. The van der Waals surface area contributed by atoms with E-state index in [1.54, 1.807) is 6.20 Å². The molecule has 0 atom stereocenters. The molecule has 3 aromatic rings. The SMILES string of the molecule is CCn1c(SCC(=O)NCc2ccccn2)nc2ccccc21. The summed E-state index contributed by atoms with van der Waals surface area (Å²) in [7, 11) is 0. The molecule has 2 aromatic heterocycles. The van der Waals surface area contributed by atoms with Crippen LogP contribution in [-0.2, 0) is 17.9 Å². The van der Waals surface area contributed by atoms with E-state index in [-0.39, 0.29) is 5.91 Å².